The zero-order valence-corrected chi connectivity index (χ0v) is 17.1. The maximum absolute atomic E-state index is 6.61. The van der Waals surface area contributed by atoms with Crippen molar-refractivity contribution in [1.82, 2.24) is 9.97 Å². The molecule has 0 aliphatic carbocycles. The molecule has 0 saturated carbocycles. The number of aromatic nitrogens is 2. The van der Waals surface area contributed by atoms with Gasteiger partial charge in [-0.05, 0) is 41.8 Å². The largest absolute Gasteiger partial charge is 0.323 e. The van der Waals surface area contributed by atoms with Crippen LogP contribution in [0.4, 0.5) is 17.3 Å². The van der Waals surface area contributed by atoms with Crippen molar-refractivity contribution in [3.05, 3.63) is 94.4 Å². The third-order valence-electron chi connectivity index (χ3n) is 4.75. The molecule has 0 fully saturated rings. The number of hydrogen-bond donors (Lipinski definition) is 1. The van der Waals surface area contributed by atoms with E-state index >= 15 is 0 Å². The van der Waals surface area contributed by atoms with Crippen LogP contribution in [0, 0.1) is 0 Å². The second kappa shape index (κ2) is 6.97. The van der Waals surface area contributed by atoms with Crippen molar-refractivity contribution in [2.24, 2.45) is 0 Å². The van der Waals surface area contributed by atoms with Crippen molar-refractivity contribution in [3.63, 3.8) is 0 Å². The molecule has 0 spiro atoms. The molecule has 1 N–H and O–H groups in total. The minimum atomic E-state index is 0.659. The van der Waals surface area contributed by atoms with Gasteiger partial charge in [-0.25, -0.2) is 4.98 Å². The highest BCUT2D eigenvalue weighted by Gasteiger charge is 2.21. The fraction of sp³-hybridized carbons (Fsp3) is 0. The number of aromatic amines is 1. The summed E-state index contributed by atoms with van der Waals surface area (Å²) in [5.74, 6) is 0.720. The van der Waals surface area contributed by atoms with Crippen LogP contribution in [0.2, 0.25) is 5.02 Å². The van der Waals surface area contributed by atoms with Crippen molar-refractivity contribution in [2.75, 3.05) is 4.90 Å². The van der Waals surface area contributed by atoms with Gasteiger partial charge in [-0.2, -0.15) is 0 Å². The van der Waals surface area contributed by atoms with Crippen LogP contribution in [-0.2, 0) is 0 Å². The molecule has 0 unspecified atom stereocenters. The van der Waals surface area contributed by atoms with E-state index in [1.807, 2.05) is 54.6 Å². The summed E-state index contributed by atoms with van der Waals surface area (Å²) in [5, 5.41) is 2.90. The molecule has 0 atom stereocenters. The van der Waals surface area contributed by atoms with Crippen molar-refractivity contribution in [3.8, 4) is 0 Å². The third-order valence-corrected chi connectivity index (χ3v) is 5.74. The molecule has 5 rings (SSSR count). The highest BCUT2D eigenvalue weighted by Crippen LogP contribution is 2.42. The summed E-state index contributed by atoms with van der Waals surface area (Å²) in [6.45, 7) is 0. The Morgan fingerprint density at radius 1 is 0.786 bits per heavy atom. The normalized spacial score (nSPS) is 11.2. The van der Waals surface area contributed by atoms with Gasteiger partial charge in [0.05, 0.1) is 27.4 Å². The first kappa shape index (κ1) is 17.3. The molecule has 136 valence electrons. The molecule has 0 bridgehead atoms. The van der Waals surface area contributed by atoms with Crippen LogP contribution in [0.15, 0.2) is 89.4 Å². The van der Waals surface area contributed by atoms with Gasteiger partial charge in [-0.15, -0.1) is 0 Å². The molecule has 28 heavy (non-hydrogen) atoms. The molecule has 0 saturated heterocycles. The van der Waals surface area contributed by atoms with E-state index in [0.29, 0.717) is 5.02 Å². The number of imidazole rings is 1. The maximum Gasteiger partial charge on any atom is 0.213 e. The first-order chi connectivity index (χ1) is 13.7. The molecule has 1 heterocycles. The molecule has 0 aliphatic heterocycles. The van der Waals surface area contributed by atoms with Crippen molar-refractivity contribution >= 4 is 66.7 Å². The number of anilines is 3. The molecule has 0 aliphatic rings. The van der Waals surface area contributed by atoms with Crippen LogP contribution >= 0.6 is 27.5 Å². The van der Waals surface area contributed by atoms with Crippen molar-refractivity contribution < 1.29 is 0 Å². The Balaban J connectivity index is 1.84. The Hall–Kier alpha value is -2.82. The van der Waals surface area contributed by atoms with Gasteiger partial charge in [0, 0.05) is 9.86 Å². The Bertz CT molecular complexity index is 1270. The number of para-hydroxylation sites is 3. The van der Waals surface area contributed by atoms with Gasteiger partial charge >= 0.3 is 0 Å². The molecule has 1 aromatic heterocycles. The molecular formula is C23H15BrClN3. The van der Waals surface area contributed by atoms with Gasteiger partial charge in [0.1, 0.15) is 0 Å². The van der Waals surface area contributed by atoms with Gasteiger partial charge in [-0.3, -0.25) is 4.90 Å². The average molecular weight is 449 g/mol. The van der Waals surface area contributed by atoms with E-state index < -0.39 is 0 Å². The second-order valence-corrected chi connectivity index (χ2v) is 7.74. The van der Waals surface area contributed by atoms with Crippen LogP contribution in [0.5, 0.6) is 0 Å². The predicted octanol–water partition coefficient (Wildman–Crippen LogP) is 7.60. The zero-order chi connectivity index (χ0) is 19.1. The lowest BCUT2D eigenvalue weighted by molar-refractivity contribution is 1.17. The van der Waals surface area contributed by atoms with E-state index in [9.17, 15) is 0 Å². The number of halogens is 2. The topological polar surface area (TPSA) is 31.9 Å². The number of nitrogens with one attached hydrogen (secondary N) is 1. The van der Waals surface area contributed by atoms with E-state index in [1.165, 1.54) is 0 Å². The number of hydrogen-bond acceptors (Lipinski definition) is 2. The minimum absolute atomic E-state index is 0.659. The highest BCUT2D eigenvalue weighted by atomic mass is 79.9. The Kier molecular flexibility index (Phi) is 4.30. The van der Waals surface area contributed by atoms with Gasteiger partial charge in [0.2, 0.25) is 5.95 Å². The number of fused-ring (bicyclic) bond motifs is 2. The van der Waals surface area contributed by atoms with Crippen molar-refractivity contribution in [1.29, 1.82) is 0 Å². The number of H-pyrrole nitrogens is 1. The van der Waals surface area contributed by atoms with E-state index in [-0.39, 0.29) is 0 Å². The summed E-state index contributed by atoms with van der Waals surface area (Å²) in [4.78, 5) is 10.4. The number of nitrogens with zero attached hydrogens (tertiary/aromatic N) is 2. The second-order valence-electron chi connectivity index (χ2n) is 6.48. The van der Waals surface area contributed by atoms with Gasteiger partial charge in [0.25, 0.3) is 0 Å². The summed E-state index contributed by atoms with van der Waals surface area (Å²) >= 11 is 10.3. The Morgan fingerprint density at radius 2 is 1.50 bits per heavy atom. The summed E-state index contributed by atoms with van der Waals surface area (Å²) in [5.41, 5.74) is 3.76. The maximum atomic E-state index is 6.61. The zero-order valence-electron chi connectivity index (χ0n) is 14.7. The summed E-state index contributed by atoms with van der Waals surface area (Å²) < 4.78 is 1.02. The third kappa shape index (κ3) is 2.86. The lowest BCUT2D eigenvalue weighted by Gasteiger charge is -2.25. The van der Waals surface area contributed by atoms with Crippen LogP contribution in [0.3, 0.4) is 0 Å². The fourth-order valence-electron chi connectivity index (χ4n) is 3.50. The summed E-state index contributed by atoms with van der Waals surface area (Å²) in [6.07, 6.45) is 0. The van der Waals surface area contributed by atoms with Crippen molar-refractivity contribution in [2.45, 2.75) is 0 Å². The number of benzene rings is 4. The van der Waals surface area contributed by atoms with Crippen LogP contribution in [0.1, 0.15) is 0 Å². The fourth-order valence-corrected chi connectivity index (χ4v) is 4.30. The van der Waals surface area contributed by atoms with Gasteiger partial charge in [-0.1, -0.05) is 76.1 Å². The standard InChI is InChI=1S/C23H15BrClN3/c24-16-9-5-7-15-8-6-14-21(22(15)16)28(20-13-4-1-10-17(20)25)23-26-18-11-2-3-12-19(18)27-23/h1-14H,(H,26,27). The molecular weight excluding hydrogens is 434 g/mol. The first-order valence-electron chi connectivity index (χ1n) is 8.89. The number of rotatable bonds is 3. The minimum Gasteiger partial charge on any atom is -0.323 e. The lowest BCUT2D eigenvalue weighted by Crippen LogP contribution is -2.12. The van der Waals surface area contributed by atoms with E-state index in [1.54, 1.807) is 0 Å². The monoisotopic (exact) mass is 447 g/mol. The van der Waals surface area contributed by atoms with E-state index in [0.717, 1.165) is 43.6 Å². The van der Waals surface area contributed by atoms with Gasteiger partial charge in [0.15, 0.2) is 0 Å². The van der Waals surface area contributed by atoms with Crippen LogP contribution in [-0.4, -0.2) is 9.97 Å². The smallest absolute Gasteiger partial charge is 0.213 e. The summed E-state index contributed by atoms with van der Waals surface area (Å²) in [6, 6.07) is 28.3. The van der Waals surface area contributed by atoms with Gasteiger partial charge < -0.3 is 4.98 Å². The van der Waals surface area contributed by atoms with Crippen LogP contribution < -0.4 is 4.90 Å². The average Bonchev–Trinajstić information content (AvgIpc) is 3.13. The Morgan fingerprint density at radius 3 is 2.32 bits per heavy atom. The lowest BCUT2D eigenvalue weighted by atomic mass is 10.1. The molecule has 5 heteroatoms. The summed E-state index contributed by atoms with van der Waals surface area (Å²) in [7, 11) is 0. The molecule has 3 nitrogen and oxygen atoms in total. The van der Waals surface area contributed by atoms with E-state index in [2.05, 4.69) is 56.1 Å². The molecule has 4 aromatic carbocycles. The molecule has 0 radical (unpaired) electrons. The highest BCUT2D eigenvalue weighted by molar-refractivity contribution is 9.10. The van der Waals surface area contributed by atoms with E-state index in [4.69, 9.17) is 16.6 Å². The molecule has 0 amide bonds. The van der Waals surface area contributed by atoms with Crippen LogP contribution in [0.25, 0.3) is 21.8 Å². The predicted molar refractivity (Wildman–Crippen MR) is 121 cm³/mol. The Labute approximate surface area is 175 Å². The molecule has 5 aromatic rings. The SMILES string of the molecule is Clc1ccccc1N(c1nc2ccccc2[nH]1)c1cccc2cccc(Br)c12. The quantitative estimate of drug-likeness (QED) is 0.308. The first-order valence-corrected chi connectivity index (χ1v) is 10.1.